The first kappa shape index (κ1) is 14.1. The Balaban J connectivity index is 2.26. The fraction of sp³-hybridized carbons (Fsp3) is 0.250. The molecule has 0 aliphatic heterocycles. The second-order valence-corrected chi connectivity index (χ2v) is 4.72. The smallest absolute Gasteiger partial charge is 0.230 e. The third-order valence-corrected chi connectivity index (χ3v) is 3.07. The van der Waals surface area contributed by atoms with Gasteiger partial charge in [-0.1, -0.05) is 25.5 Å². The molecule has 0 radical (unpaired) electrons. The Kier molecular flexibility index (Phi) is 4.35. The van der Waals surface area contributed by atoms with Gasteiger partial charge in [-0.15, -0.1) is 0 Å². The van der Waals surface area contributed by atoms with E-state index in [0.29, 0.717) is 17.2 Å². The van der Waals surface area contributed by atoms with Gasteiger partial charge >= 0.3 is 0 Å². The van der Waals surface area contributed by atoms with Crippen molar-refractivity contribution in [1.29, 1.82) is 5.41 Å². The minimum Gasteiger partial charge on any atom is -0.438 e. The molecule has 2 aromatic rings. The average Bonchev–Trinajstić information content (AvgIpc) is 2.41. The number of nitrogens with one attached hydrogen (secondary N) is 1. The van der Waals surface area contributed by atoms with Crippen molar-refractivity contribution < 1.29 is 4.74 Å². The SMILES string of the molecule is CCCc1ccc(Oc2nccc(C)c2C(=N)N)cc1. The molecule has 0 saturated heterocycles. The number of amidine groups is 1. The van der Waals surface area contributed by atoms with E-state index in [0.717, 1.165) is 18.4 Å². The molecule has 0 fully saturated rings. The van der Waals surface area contributed by atoms with Crippen LogP contribution in [0.5, 0.6) is 11.6 Å². The van der Waals surface area contributed by atoms with Gasteiger partial charge in [-0.3, -0.25) is 5.41 Å². The van der Waals surface area contributed by atoms with Crippen LogP contribution in [-0.4, -0.2) is 10.8 Å². The normalized spacial score (nSPS) is 10.3. The van der Waals surface area contributed by atoms with Crippen LogP contribution in [0.2, 0.25) is 0 Å². The summed E-state index contributed by atoms with van der Waals surface area (Å²) < 4.78 is 5.75. The summed E-state index contributed by atoms with van der Waals surface area (Å²) in [6.45, 7) is 4.04. The molecule has 20 heavy (non-hydrogen) atoms. The molecule has 0 aliphatic rings. The summed E-state index contributed by atoms with van der Waals surface area (Å²) in [5.41, 5.74) is 8.30. The Bertz CT molecular complexity index is 606. The van der Waals surface area contributed by atoms with Crippen LogP contribution in [0.1, 0.15) is 30.0 Å². The van der Waals surface area contributed by atoms with E-state index in [2.05, 4.69) is 11.9 Å². The van der Waals surface area contributed by atoms with Crippen molar-refractivity contribution in [3.8, 4) is 11.6 Å². The highest BCUT2D eigenvalue weighted by atomic mass is 16.5. The molecule has 3 N–H and O–H groups in total. The monoisotopic (exact) mass is 269 g/mol. The van der Waals surface area contributed by atoms with Crippen molar-refractivity contribution in [2.75, 3.05) is 0 Å². The van der Waals surface area contributed by atoms with Gasteiger partial charge in [0.2, 0.25) is 5.88 Å². The van der Waals surface area contributed by atoms with Crippen molar-refractivity contribution in [2.24, 2.45) is 5.73 Å². The zero-order valence-electron chi connectivity index (χ0n) is 11.8. The fourth-order valence-electron chi connectivity index (χ4n) is 2.06. The lowest BCUT2D eigenvalue weighted by Crippen LogP contribution is -2.14. The van der Waals surface area contributed by atoms with Gasteiger partial charge in [0, 0.05) is 6.20 Å². The lowest BCUT2D eigenvalue weighted by atomic mass is 10.1. The highest BCUT2D eigenvalue weighted by Gasteiger charge is 2.12. The molecule has 0 saturated carbocycles. The maximum absolute atomic E-state index is 7.63. The Hall–Kier alpha value is -2.36. The lowest BCUT2D eigenvalue weighted by Gasteiger charge is -2.11. The predicted octanol–water partition coefficient (Wildman–Crippen LogP) is 3.42. The summed E-state index contributed by atoms with van der Waals surface area (Å²) in [7, 11) is 0. The van der Waals surface area contributed by atoms with Crippen molar-refractivity contribution in [1.82, 2.24) is 4.98 Å². The maximum Gasteiger partial charge on any atom is 0.230 e. The van der Waals surface area contributed by atoms with Crippen LogP contribution < -0.4 is 10.5 Å². The van der Waals surface area contributed by atoms with Crippen LogP contribution in [0.3, 0.4) is 0 Å². The standard InChI is InChI=1S/C16H19N3O/c1-3-4-12-5-7-13(8-6-12)20-16-14(15(17)18)11(2)9-10-19-16/h5-10H,3-4H2,1-2H3,(H3,17,18). The predicted molar refractivity (Wildman–Crippen MR) is 80.5 cm³/mol. The first-order chi connectivity index (χ1) is 9.61. The molecule has 0 spiro atoms. The van der Waals surface area contributed by atoms with E-state index in [1.165, 1.54) is 5.56 Å². The number of benzene rings is 1. The molecule has 4 nitrogen and oxygen atoms in total. The zero-order valence-corrected chi connectivity index (χ0v) is 11.8. The first-order valence-corrected chi connectivity index (χ1v) is 6.68. The minimum absolute atomic E-state index is 0.0341. The number of hydrogen-bond acceptors (Lipinski definition) is 3. The zero-order chi connectivity index (χ0) is 14.5. The number of aromatic nitrogens is 1. The number of nitrogens with zero attached hydrogens (tertiary/aromatic N) is 1. The van der Waals surface area contributed by atoms with E-state index in [1.807, 2.05) is 37.3 Å². The van der Waals surface area contributed by atoms with Crippen molar-refractivity contribution >= 4 is 5.84 Å². The molecule has 1 aromatic heterocycles. The number of pyridine rings is 1. The van der Waals surface area contributed by atoms with Gasteiger partial charge in [-0.05, 0) is 42.7 Å². The molecule has 0 atom stereocenters. The van der Waals surface area contributed by atoms with Crippen LogP contribution >= 0.6 is 0 Å². The second kappa shape index (κ2) is 6.19. The van der Waals surface area contributed by atoms with Crippen LogP contribution in [0.15, 0.2) is 36.5 Å². The third kappa shape index (κ3) is 3.15. The Labute approximate surface area is 119 Å². The van der Waals surface area contributed by atoms with Crippen molar-refractivity contribution in [3.05, 3.63) is 53.2 Å². The molecule has 4 heteroatoms. The highest BCUT2D eigenvalue weighted by molar-refractivity contribution is 5.98. The molecule has 0 bridgehead atoms. The summed E-state index contributed by atoms with van der Waals surface area (Å²) in [6, 6.07) is 9.73. The van der Waals surface area contributed by atoms with Gasteiger partial charge in [-0.2, -0.15) is 0 Å². The summed E-state index contributed by atoms with van der Waals surface area (Å²) in [4.78, 5) is 4.17. The van der Waals surface area contributed by atoms with Gasteiger partial charge in [0.15, 0.2) is 0 Å². The summed E-state index contributed by atoms with van der Waals surface area (Å²) in [6.07, 6.45) is 3.83. The molecule has 104 valence electrons. The van der Waals surface area contributed by atoms with E-state index >= 15 is 0 Å². The van der Waals surface area contributed by atoms with Crippen molar-refractivity contribution in [3.63, 3.8) is 0 Å². The highest BCUT2D eigenvalue weighted by Crippen LogP contribution is 2.25. The number of hydrogen-bond donors (Lipinski definition) is 2. The summed E-state index contributed by atoms with van der Waals surface area (Å²) in [5, 5.41) is 7.63. The van der Waals surface area contributed by atoms with E-state index in [1.54, 1.807) is 6.20 Å². The van der Waals surface area contributed by atoms with Gasteiger partial charge in [0.05, 0.1) is 5.56 Å². The number of ether oxygens (including phenoxy) is 1. The van der Waals surface area contributed by atoms with Crippen LogP contribution in [0.4, 0.5) is 0 Å². The lowest BCUT2D eigenvalue weighted by molar-refractivity contribution is 0.461. The van der Waals surface area contributed by atoms with Gasteiger partial charge in [0.1, 0.15) is 11.6 Å². The number of rotatable bonds is 5. The molecule has 1 heterocycles. The van der Waals surface area contributed by atoms with E-state index in [4.69, 9.17) is 15.9 Å². The first-order valence-electron chi connectivity index (χ1n) is 6.68. The quantitative estimate of drug-likeness (QED) is 0.645. The van der Waals surface area contributed by atoms with Gasteiger partial charge in [-0.25, -0.2) is 4.98 Å². The molecule has 0 unspecified atom stereocenters. The van der Waals surface area contributed by atoms with E-state index in [-0.39, 0.29) is 5.84 Å². The third-order valence-electron chi connectivity index (χ3n) is 3.07. The Morgan fingerprint density at radius 3 is 2.55 bits per heavy atom. The number of nitrogens with two attached hydrogens (primary N) is 1. The number of aryl methyl sites for hydroxylation is 2. The van der Waals surface area contributed by atoms with Gasteiger partial charge < -0.3 is 10.5 Å². The topological polar surface area (TPSA) is 72.0 Å². The summed E-state index contributed by atoms with van der Waals surface area (Å²) in [5.74, 6) is 1.04. The molecule has 1 aromatic carbocycles. The van der Waals surface area contributed by atoms with Crippen LogP contribution in [0.25, 0.3) is 0 Å². The fourth-order valence-corrected chi connectivity index (χ4v) is 2.06. The van der Waals surface area contributed by atoms with Gasteiger partial charge in [0.25, 0.3) is 0 Å². The molecule has 2 rings (SSSR count). The number of nitrogen functional groups attached to an aromatic ring is 1. The second-order valence-electron chi connectivity index (χ2n) is 4.72. The Morgan fingerprint density at radius 2 is 1.95 bits per heavy atom. The van der Waals surface area contributed by atoms with E-state index in [9.17, 15) is 0 Å². The molecule has 0 amide bonds. The summed E-state index contributed by atoms with van der Waals surface area (Å²) >= 11 is 0. The van der Waals surface area contributed by atoms with Crippen LogP contribution in [0, 0.1) is 12.3 Å². The van der Waals surface area contributed by atoms with Crippen molar-refractivity contribution in [2.45, 2.75) is 26.7 Å². The minimum atomic E-state index is -0.0341. The Morgan fingerprint density at radius 1 is 1.25 bits per heavy atom. The average molecular weight is 269 g/mol. The molecular formula is C16H19N3O. The molecule has 0 aliphatic carbocycles. The molecular weight excluding hydrogens is 250 g/mol. The maximum atomic E-state index is 7.63. The van der Waals surface area contributed by atoms with Crippen LogP contribution in [-0.2, 0) is 6.42 Å². The van der Waals surface area contributed by atoms with E-state index < -0.39 is 0 Å². The largest absolute Gasteiger partial charge is 0.438 e.